The SMILES string of the molecule is CCCC1CN(Sc2cncs2)Cc2ccccc2N1Cc1cnc[nH]1. The summed E-state index contributed by atoms with van der Waals surface area (Å²) in [6.45, 7) is 5.10. The van der Waals surface area contributed by atoms with Gasteiger partial charge >= 0.3 is 0 Å². The quantitative estimate of drug-likeness (QED) is 0.630. The molecule has 1 aromatic carbocycles. The lowest BCUT2D eigenvalue weighted by Crippen LogP contribution is -2.40. The molecule has 2 aromatic heterocycles. The zero-order chi connectivity index (χ0) is 17.8. The molecule has 7 heteroatoms. The van der Waals surface area contributed by atoms with Crippen LogP contribution < -0.4 is 4.90 Å². The molecular formula is C19H23N5S2. The standard InChI is InChI=1S/C19H23N5S2/c1-2-5-17-12-23(26-19-9-21-14-25-19)10-15-6-3-4-7-18(15)24(17)11-16-8-20-13-22-16/h3-4,6-9,13-14,17H,2,5,10-12H2,1H3,(H,20,22). The molecule has 1 atom stereocenters. The van der Waals surface area contributed by atoms with E-state index in [1.165, 1.54) is 28.3 Å². The summed E-state index contributed by atoms with van der Waals surface area (Å²) in [5, 5.41) is 0. The lowest BCUT2D eigenvalue weighted by atomic mass is 10.1. The normalized spacial score (nSPS) is 17.9. The molecule has 5 nitrogen and oxygen atoms in total. The van der Waals surface area contributed by atoms with Crippen LogP contribution in [0.2, 0.25) is 0 Å². The molecule has 26 heavy (non-hydrogen) atoms. The first kappa shape index (κ1) is 17.6. The monoisotopic (exact) mass is 385 g/mol. The number of aromatic amines is 1. The Morgan fingerprint density at radius 2 is 2.19 bits per heavy atom. The Balaban J connectivity index is 1.66. The molecular weight excluding hydrogens is 362 g/mol. The van der Waals surface area contributed by atoms with Crippen LogP contribution in [0, 0.1) is 0 Å². The van der Waals surface area contributed by atoms with Crippen LogP contribution in [0.3, 0.4) is 0 Å². The highest BCUT2D eigenvalue weighted by Crippen LogP contribution is 2.36. The molecule has 4 rings (SSSR count). The molecule has 0 spiro atoms. The molecule has 1 unspecified atom stereocenters. The first-order valence-electron chi connectivity index (χ1n) is 8.96. The average Bonchev–Trinajstić information content (AvgIpc) is 3.31. The van der Waals surface area contributed by atoms with Crippen molar-refractivity contribution >= 4 is 29.0 Å². The van der Waals surface area contributed by atoms with E-state index in [1.54, 1.807) is 17.7 Å². The third kappa shape index (κ3) is 3.95. The van der Waals surface area contributed by atoms with E-state index >= 15 is 0 Å². The Hall–Kier alpha value is -1.83. The fourth-order valence-corrected chi connectivity index (χ4v) is 5.28. The van der Waals surface area contributed by atoms with Crippen LogP contribution in [0.4, 0.5) is 5.69 Å². The summed E-state index contributed by atoms with van der Waals surface area (Å²) in [7, 11) is 0. The fraction of sp³-hybridized carbons (Fsp3) is 0.368. The van der Waals surface area contributed by atoms with Gasteiger partial charge in [-0.15, -0.1) is 11.3 Å². The number of para-hydroxylation sites is 1. The Morgan fingerprint density at radius 3 is 2.96 bits per heavy atom. The number of thiazole rings is 1. The van der Waals surface area contributed by atoms with E-state index in [0.717, 1.165) is 25.3 Å². The summed E-state index contributed by atoms with van der Waals surface area (Å²) in [5.74, 6) is 0. The van der Waals surface area contributed by atoms with Gasteiger partial charge in [-0.2, -0.15) is 0 Å². The first-order valence-corrected chi connectivity index (χ1v) is 10.6. The van der Waals surface area contributed by atoms with Crippen molar-refractivity contribution in [2.24, 2.45) is 0 Å². The van der Waals surface area contributed by atoms with Gasteiger partial charge in [0, 0.05) is 31.0 Å². The minimum Gasteiger partial charge on any atom is -0.361 e. The number of aromatic nitrogens is 3. The third-order valence-corrected chi connectivity index (χ3v) is 6.55. The molecule has 0 saturated carbocycles. The minimum atomic E-state index is 0.465. The molecule has 0 radical (unpaired) electrons. The van der Waals surface area contributed by atoms with E-state index in [0.29, 0.717) is 6.04 Å². The number of nitrogens with zero attached hydrogens (tertiary/aromatic N) is 4. The maximum atomic E-state index is 4.23. The van der Waals surface area contributed by atoms with Crippen LogP contribution >= 0.6 is 23.3 Å². The molecule has 1 N–H and O–H groups in total. The zero-order valence-corrected chi connectivity index (χ0v) is 16.5. The second kappa shape index (κ2) is 8.24. The van der Waals surface area contributed by atoms with Gasteiger partial charge in [0.05, 0.1) is 34.5 Å². The van der Waals surface area contributed by atoms with Crippen molar-refractivity contribution in [1.82, 2.24) is 19.3 Å². The predicted octanol–water partition coefficient (Wildman–Crippen LogP) is 4.56. The van der Waals surface area contributed by atoms with Gasteiger partial charge in [-0.1, -0.05) is 31.5 Å². The molecule has 0 amide bonds. The Kier molecular flexibility index (Phi) is 5.57. The van der Waals surface area contributed by atoms with Crippen LogP contribution in [0.25, 0.3) is 0 Å². The molecule has 1 aliphatic heterocycles. The van der Waals surface area contributed by atoms with Gasteiger partial charge < -0.3 is 9.88 Å². The number of anilines is 1. The maximum absolute atomic E-state index is 4.23. The first-order chi connectivity index (χ1) is 12.8. The number of fused-ring (bicyclic) bond motifs is 1. The number of nitrogens with one attached hydrogen (secondary N) is 1. The van der Waals surface area contributed by atoms with Crippen LogP contribution in [0.5, 0.6) is 0 Å². The van der Waals surface area contributed by atoms with Crippen LogP contribution in [-0.2, 0) is 13.1 Å². The summed E-state index contributed by atoms with van der Waals surface area (Å²) >= 11 is 3.54. The lowest BCUT2D eigenvalue weighted by molar-refractivity contribution is 0.405. The van der Waals surface area contributed by atoms with E-state index in [9.17, 15) is 0 Å². The van der Waals surface area contributed by atoms with Gasteiger partial charge in [0.1, 0.15) is 0 Å². The second-order valence-electron chi connectivity index (χ2n) is 6.51. The van der Waals surface area contributed by atoms with Gasteiger partial charge in [0.2, 0.25) is 0 Å². The highest BCUT2D eigenvalue weighted by Gasteiger charge is 2.28. The van der Waals surface area contributed by atoms with Crippen molar-refractivity contribution in [2.45, 2.75) is 43.1 Å². The highest BCUT2D eigenvalue weighted by atomic mass is 32.2. The largest absolute Gasteiger partial charge is 0.361 e. The van der Waals surface area contributed by atoms with E-state index in [4.69, 9.17) is 0 Å². The van der Waals surface area contributed by atoms with Crippen molar-refractivity contribution in [3.8, 4) is 0 Å². The number of rotatable bonds is 6. The van der Waals surface area contributed by atoms with Crippen molar-refractivity contribution in [2.75, 3.05) is 11.4 Å². The van der Waals surface area contributed by atoms with Crippen LogP contribution in [0.15, 0.2) is 52.7 Å². The molecule has 0 aliphatic carbocycles. The molecule has 136 valence electrons. The molecule has 0 bridgehead atoms. The summed E-state index contributed by atoms with van der Waals surface area (Å²) in [6.07, 6.45) is 8.00. The van der Waals surface area contributed by atoms with Crippen molar-refractivity contribution in [3.63, 3.8) is 0 Å². The van der Waals surface area contributed by atoms with E-state index in [-0.39, 0.29) is 0 Å². The van der Waals surface area contributed by atoms with Crippen molar-refractivity contribution in [1.29, 1.82) is 0 Å². The van der Waals surface area contributed by atoms with Crippen molar-refractivity contribution < 1.29 is 0 Å². The average molecular weight is 386 g/mol. The Labute approximate surface area is 162 Å². The summed E-state index contributed by atoms with van der Waals surface area (Å²) in [5.41, 5.74) is 5.78. The predicted molar refractivity (Wildman–Crippen MR) is 108 cm³/mol. The minimum absolute atomic E-state index is 0.465. The Morgan fingerprint density at radius 1 is 1.27 bits per heavy atom. The zero-order valence-electron chi connectivity index (χ0n) is 14.8. The van der Waals surface area contributed by atoms with Gasteiger partial charge in [-0.3, -0.25) is 4.98 Å². The van der Waals surface area contributed by atoms with Gasteiger partial charge in [0.25, 0.3) is 0 Å². The second-order valence-corrected chi connectivity index (χ2v) is 8.79. The van der Waals surface area contributed by atoms with Crippen molar-refractivity contribution in [3.05, 3.63) is 59.8 Å². The number of benzene rings is 1. The fourth-order valence-electron chi connectivity index (χ4n) is 3.50. The molecule has 0 fully saturated rings. The maximum Gasteiger partial charge on any atom is 0.0952 e. The molecule has 3 heterocycles. The number of hydrogen-bond donors (Lipinski definition) is 1. The third-order valence-electron chi connectivity index (χ3n) is 4.65. The van der Waals surface area contributed by atoms with Gasteiger partial charge in [-0.25, -0.2) is 9.29 Å². The van der Waals surface area contributed by atoms with Crippen LogP contribution in [-0.4, -0.2) is 31.8 Å². The van der Waals surface area contributed by atoms with E-state index in [2.05, 4.69) is 55.3 Å². The highest BCUT2D eigenvalue weighted by molar-refractivity contribution is 7.98. The number of imidazole rings is 1. The molecule has 1 aliphatic rings. The lowest BCUT2D eigenvalue weighted by Gasteiger charge is -2.33. The topological polar surface area (TPSA) is 48.1 Å². The molecule has 3 aromatic rings. The van der Waals surface area contributed by atoms with Crippen LogP contribution in [0.1, 0.15) is 31.0 Å². The van der Waals surface area contributed by atoms with Gasteiger partial charge in [0.15, 0.2) is 0 Å². The summed E-state index contributed by atoms with van der Waals surface area (Å²) in [4.78, 5) is 14.2. The smallest absolute Gasteiger partial charge is 0.0952 e. The molecule has 0 saturated heterocycles. The number of hydrogen-bond acceptors (Lipinski definition) is 6. The Bertz CT molecular complexity index is 803. The number of H-pyrrole nitrogens is 1. The van der Waals surface area contributed by atoms with E-state index < -0.39 is 0 Å². The summed E-state index contributed by atoms with van der Waals surface area (Å²) in [6, 6.07) is 9.27. The van der Waals surface area contributed by atoms with Gasteiger partial charge in [-0.05, 0) is 30.0 Å². The summed E-state index contributed by atoms with van der Waals surface area (Å²) < 4.78 is 3.74. The van der Waals surface area contributed by atoms with E-state index in [1.807, 2.05) is 29.9 Å².